The van der Waals surface area contributed by atoms with Crippen LogP contribution in [0.5, 0.6) is 0 Å². The number of benzene rings is 2. The van der Waals surface area contributed by atoms with E-state index in [0.717, 1.165) is 32.4 Å². The van der Waals surface area contributed by atoms with Crippen LogP contribution in [-0.4, -0.2) is 18.0 Å². The minimum Gasteiger partial charge on any atom is -0.380 e. The summed E-state index contributed by atoms with van der Waals surface area (Å²) in [4.78, 5) is 18.1. The minimum absolute atomic E-state index is 0.0448. The van der Waals surface area contributed by atoms with Crippen molar-refractivity contribution >= 4 is 22.9 Å². The van der Waals surface area contributed by atoms with Crippen LogP contribution in [0.4, 0.5) is 5.69 Å². The van der Waals surface area contributed by atoms with Crippen molar-refractivity contribution < 1.29 is 9.53 Å². The van der Waals surface area contributed by atoms with Crippen molar-refractivity contribution in [1.29, 1.82) is 0 Å². The number of hydrogen-bond donors (Lipinski definition) is 1. The van der Waals surface area contributed by atoms with Crippen molar-refractivity contribution in [3.63, 3.8) is 0 Å². The first-order valence-electron chi connectivity index (χ1n) is 8.46. The van der Waals surface area contributed by atoms with E-state index in [1.54, 1.807) is 18.4 Å². The van der Waals surface area contributed by atoms with Crippen LogP contribution in [-0.2, 0) is 22.6 Å². The molecule has 134 valence electrons. The number of anilines is 1. The monoisotopic (exact) mass is 366 g/mol. The second-order valence-corrected chi connectivity index (χ2v) is 7.52. The Morgan fingerprint density at radius 1 is 1.15 bits per heavy atom. The third kappa shape index (κ3) is 4.56. The predicted molar refractivity (Wildman–Crippen MR) is 107 cm³/mol. The van der Waals surface area contributed by atoms with Crippen LogP contribution in [0, 0.1) is 13.8 Å². The molecular weight excluding hydrogens is 344 g/mol. The molecule has 1 heterocycles. The highest BCUT2D eigenvalue weighted by molar-refractivity contribution is 7.12. The zero-order valence-corrected chi connectivity index (χ0v) is 16.0. The summed E-state index contributed by atoms with van der Waals surface area (Å²) in [5.41, 5.74) is 4.96. The molecule has 1 aromatic heterocycles. The van der Waals surface area contributed by atoms with Gasteiger partial charge in [-0.25, -0.2) is 4.98 Å². The Kier molecular flexibility index (Phi) is 5.81. The molecule has 0 atom stereocenters. The second-order valence-electron chi connectivity index (χ2n) is 6.23. The summed E-state index contributed by atoms with van der Waals surface area (Å²) in [6.45, 7) is 4.55. The fourth-order valence-electron chi connectivity index (χ4n) is 2.78. The van der Waals surface area contributed by atoms with E-state index in [4.69, 9.17) is 4.74 Å². The van der Waals surface area contributed by atoms with E-state index in [1.807, 2.05) is 31.2 Å². The second kappa shape index (κ2) is 8.25. The molecule has 0 aliphatic carbocycles. The van der Waals surface area contributed by atoms with E-state index in [2.05, 4.69) is 41.5 Å². The smallest absolute Gasteiger partial charge is 0.229 e. The standard InChI is InChI=1S/C21H22N2O2S/c1-14-7-9-17(10-8-14)21-19(26-15(2)22-21)12-20(24)23-18-6-4-5-16(11-18)13-25-3/h4-11H,12-13H2,1-3H3,(H,23,24). The number of carbonyl (C=O) groups excluding carboxylic acids is 1. The zero-order chi connectivity index (χ0) is 18.5. The van der Waals surface area contributed by atoms with Crippen LogP contribution in [0.15, 0.2) is 48.5 Å². The fraction of sp³-hybridized carbons (Fsp3) is 0.238. The molecule has 0 bridgehead atoms. The number of methoxy groups -OCH3 is 1. The van der Waals surface area contributed by atoms with Gasteiger partial charge in [-0.3, -0.25) is 4.79 Å². The summed E-state index contributed by atoms with van der Waals surface area (Å²) in [6, 6.07) is 15.9. The largest absolute Gasteiger partial charge is 0.380 e. The number of carbonyl (C=O) groups is 1. The SMILES string of the molecule is COCc1cccc(NC(=O)Cc2sc(C)nc2-c2ccc(C)cc2)c1. The van der Waals surface area contributed by atoms with E-state index >= 15 is 0 Å². The van der Waals surface area contributed by atoms with Crippen LogP contribution < -0.4 is 5.32 Å². The third-order valence-corrected chi connectivity index (χ3v) is 4.94. The average Bonchev–Trinajstić information content (AvgIpc) is 2.96. The molecule has 1 amide bonds. The van der Waals surface area contributed by atoms with Crippen LogP contribution in [0.25, 0.3) is 11.3 Å². The summed E-state index contributed by atoms with van der Waals surface area (Å²) >= 11 is 1.57. The van der Waals surface area contributed by atoms with Crippen LogP contribution in [0.3, 0.4) is 0 Å². The maximum Gasteiger partial charge on any atom is 0.229 e. The van der Waals surface area contributed by atoms with Gasteiger partial charge in [-0.2, -0.15) is 0 Å². The highest BCUT2D eigenvalue weighted by Crippen LogP contribution is 2.29. The van der Waals surface area contributed by atoms with Gasteiger partial charge in [0.2, 0.25) is 5.91 Å². The van der Waals surface area contributed by atoms with Gasteiger partial charge < -0.3 is 10.1 Å². The van der Waals surface area contributed by atoms with E-state index in [-0.39, 0.29) is 5.91 Å². The van der Waals surface area contributed by atoms with Gasteiger partial charge in [0, 0.05) is 23.2 Å². The molecule has 26 heavy (non-hydrogen) atoms. The van der Waals surface area contributed by atoms with Crippen LogP contribution in [0.1, 0.15) is 21.0 Å². The van der Waals surface area contributed by atoms with Gasteiger partial charge in [-0.15, -0.1) is 11.3 Å². The number of aromatic nitrogens is 1. The molecule has 0 aliphatic heterocycles. The van der Waals surface area contributed by atoms with Crippen molar-refractivity contribution in [3.05, 3.63) is 69.5 Å². The first kappa shape index (κ1) is 18.3. The molecule has 4 nitrogen and oxygen atoms in total. The Labute approximate surface area is 157 Å². The molecule has 0 fully saturated rings. The summed E-state index contributed by atoms with van der Waals surface area (Å²) in [5.74, 6) is -0.0448. The lowest BCUT2D eigenvalue weighted by atomic mass is 10.1. The number of amides is 1. The number of thiazole rings is 1. The molecule has 3 aromatic rings. The number of nitrogens with one attached hydrogen (secondary N) is 1. The van der Waals surface area contributed by atoms with E-state index in [1.165, 1.54) is 5.56 Å². The Morgan fingerprint density at radius 3 is 2.65 bits per heavy atom. The summed E-state index contributed by atoms with van der Waals surface area (Å²) in [7, 11) is 1.66. The molecule has 1 N–H and O–H groups in total. The van der Waals surface area contributed by atoms with Crippen LogP contribution in [0.2, 0.25) is 0 Å². The minimum atomic E-state index is -0.0448. The Bertz CT molecular complexity index is 901. The first-order valence-corrected chi connectivity index (χ1v) is 9.28. The molecule has 0 spiro atoms. The molecule has 0 unspecified atom stereocenters. The lowest BCUT2D eigenvalue weighted by Gasteiger charge is -2.08. The van der Waals surface area contributed by atoms with Gasteiger partial charge in [0.25, 0.3) is 0 Å². The van der Waals surface area contributed by atoms with Gasteiger partial charge in [-0.05, 0) is 31.5 Å². The topological polar surface area (TPSA) is 51.2 Å². The number of hydrogen-bond acceptors (Lipinski definition) is 4. The molecular formula is C21H22N2O2S. The number of aryl methyl sites for hydroxylation is 2. The van der Waals surface area contributed by atoms with Gasteiger partial charge in [0.05, 0.1) is 23.7 Å². The predicted octanol–water partition coefficient (Wildman–Crippen LogP) is 4.75. The number of ether oxygens (including phenoxy) is 1. The van der Waals surface area contributed by atoms with Crippen molar-refractivity contribution in [2.24, 2.45) is 0 Å². The Morgan fingerprint density at radius 2 is 1.92 bits per heavy atom. The van der Waals surface area contributed by atoms with E-state index in [0.29, 0.717) is 13.0 Å². The lowest BCUT2D eigenvalue weighted by Crippen LogP contribution is -2.14. The molecule has 2 aromatic carbocycles. The van der Waals surface area contributed by atoms with E-state index < -0.39 is 0 Å². The highest BCUT2D eigenvalue weighted by atomic mass is 32.1. The maximum absolute atomic E-state index is 12.5. The van der Waals surface area contributed by atoms with Gasteiger partial charge >= 0.3 is 0 Å². The van der Waals surface area contributed by atoms with Gasteiger partial charge in [-0.1, -0.05) is 42.0 Å². The molecule has 5 heteroatoms. The van der Waals surface area contributed by atoms with Crippen molar-refractivity contribution in [1.82, 2.24) is 4.98 Å². The van der Waals surface area contributed by atoms with Gasteiger partial charge in [0.1, 0.15) is 0 Å². The summed E-state index contributed by atoms with van der Waals surface area (Å²) in [6.07, 6.45) is 0.309. The zero-order valence-electron chi connectivity index (χ0n) is 15.2. The van der Waals surface area contributed by atoms with Crippen molar-refractivity contribution in [2.75, 3.05) is 12.4 Å². The Balaban J connectivity index is 1.75. The third-order valence-electron chi connectivity index (χ3n) is 3.97. The number of nitrogens with zero attached hydrogens (tertiary/aromatic N) is 1. The van der Waals surface area contributed by atoms with Crippen molar-refractivity contribution in [3.8, 4) is 11.3 Å². The molecule has 0 aliphatic rings. The van der Waals surface area contributed by atoms with Crippen molar-refractivity contribution in [2.45, 2.75) is 26.9 Å². The number of rotatable bonds is 6. The maximum atomic E-state index is 12.5. The molecule has 0 radical (unpaired) electrons. The lowest BCUT2D eigenvalue weighted by molar-refractivity contribution is -0.115. The van der Waals surface area contributed by atoms with E-state index in [9.17, 15) is 4.79 Å². The molecule has 0 saturated carbocycles. The van der Waals surface area contributed by atoms with Crippen LogP contribution >= 0.6 is 11.3 Å². The van der Waals surface area contributed by atoms with Gasteiger partial charge in [0.15, 0.2) is 0 Å². The average molecular weight is 366 g/mol. The summed E-state index contributed by atoms with van der Waals surface area (Å²) < 4.78 is 5.14. The highest BCUT2D eigenvalue weighted by Gasteiger charge is 2.15. The molecule has 3 rings (SSSR count). The fourth-order valence-corrected chi connectivity index (χ4v) is 3.74. The quantitative estimate of drug-likeness (QED) is 0.685. The first-order chi connectivity index (χ1) is 12.5. The Hall–Kier alpha value is -2.50. The molecule has 0 saturated heterocycles. The summed E-state index contributed by atoms with van der Waals surface area (Å²) in [5, 5.41) is 3.93. The normalized spacial score (nSPS) is 10.7.